The topological polar surface area (TPSA) is 101 Å². The first-order valence-electron chi connectivity index (χ1n) is 6.20. The molecule has 6 nitrogen and oxygen atoms in total. The largest absolute Gasteiger partial charge is 0.409 e. The van der Waals surface area contributed by atoms with Crippen molar-refractivity contribution in [2.24, 2.45) is 22.7 Å². The summed E-state index contributed by atoms with van der Waals surface area (Å²) < 4.78 is 0. The van der Waals surface area contributed by atoms with Crippen LogP contribution in [0.3, 0.4) is 0 Å². The van der Waals surface area contributed by atoms with Gasteiger partial charge in [-0.3, -0.25) is 9.78 Å². The van der Waals surface area contributed by atoms with Crippen LogP contribution >= 0.6 is 0 Å². The van der Waals surface area contributed by atoms with Gasteiger partial charge >= 0.3 is 0 Å². The highest BCUT2D eigenvalue weighted by Crippen LogP contribution is 2.11. The second-order valence-corrected chi connectivity index (χ2v) is 4.64. The summed E-state index contributed by atoms with van der Waals surface area (Å²) in [7, 11) is 0. The molecule has 0 aliphatic heterocycles. The van der Waals surface area contributed by atoms with Crippen molar-refractivity contribution in [1.29, 1.82) is 0 Å². The second-order valence-electron chi connectivity index (χ2n) is 4.64. The van der Waals surface area contributed by atoms with Crippen molar-refractivity contribution in [3.63, 3.8) is 0 Å². The van der Waals surface area contributed by atoms with E-state index in [0.717, 1.165) is 12.0 Å². The molecule has 0 aliphatic rings. The van der Waals surface area contributed by atoms with E-state index >= 15 is 0 Å². The third-order valence-corrected chi connectivity index (χ3v) is 2.85. The Balaban J connectivity index is 2.50. The molecule has 104 valence electrons. The molecule has 1 heterocycles. The van der Waals surface area contributed by atoms with Crippen LogP contribution in [0.15, 0.2) is 29.7 Å². The molecule has 0 bridgehead atoms. The first-order valence-corrected chi connectivity index (χ1v) is 6.20. The normalized spacial score (nSPS) is 13.3. The van der Waals surface area contributed by atoms with Gasteiger partial charge in [-0.1, -0.05) is 19.0 Å². The Labute approximate surface area is 112 Å². The summed E-state index contributed by atoms with van der Waals surface area (Å²) in [5.41, 5.74) is 6.63. The summed E-state index contributed by atoms with van der Waals surface area (Å²) in [4.78, 5) is 15.9. The molecule has 1 aromatic rings. The number of nitrogens with two attached hydrogens (primary N) is 1. The number of nitrogens with one attached hydrogen (secondary N) is 1. The van der Waals surface area contributed by atoms with E-state index in [4.69, 9.17) is 10.9 Å². The molecule has 4 N–H and O–H groups in total. The number of amidine groups is 1. The Morgan fingerprint density at radius 1 is 1.47 bits per heavy atom. The van der Waals surface area contributed by atoms with E-state index in [1.807, 2.05) is 26.0 Å². The van der Waals surface area contributed by atoms with Crippen LogP contribution in [0.4, 0.5) is 0 Å². The number of nitrogens with zero attached hydrogens (tertiary/aromatic N) is 2. The predicted octanol–water partition coefficient (Wildman–Crippen LogP) is 0.759. The molecular weight excluding hydrogens is 244 g/mol. The van der Waals surface area contributed by atoms with Crippen LogP contribution in [0.25, 0.3) is 0 Å². The first kappa shape index (κ1) is 14.9. The molecular formula is C13H20N4O2. The van der Waals surface area contributed by atoms with Crippen LogP contribution in [0.1, 0.15) is 19.4 Å². The Hall–Kier alpha value is -2.11. The smallest absolute Gasteiger partial charge is 0.231 e. The predicted molar refractivity (Wildman–Crippen MR) is 72.7 cm³/mol. The Bertz CT molecular complexity index is 432. The zero-order valence-corrected chi connectivity index (χ0v) is 11.2. The van der Waals surface area contributed by atoms with Crippen molar-refractivity contribution in [3.8, 4) is 0 Å². The lowest BCUT2D eigenvalue weighted by Gasteiger charge is -2.18. The molecule has 1 rings (SSSR count). The number of pyridine rings is 1. The highest BCUT2D eigenvalue weighted by molar-refractivity contribution is 6.02. The number of amides is 1. The molecule has 0 saturated heterocycles. The number of hydrogen-bond acceptors (Lipinski definition) is 4. The molecule has 0 spiro atoms. The minimum absolute atomic E-state index is 0.0307. The van der Waals surface area contributed by atoms with E-state index in [1.54, 1.807) is 12.4 Å². The Kier molecular flexibility index (Phi) is 5.78. The summed E-state index contributed by atoms with van der Waals surface area (Å²) in [6.45, 7) is 4.21. The highest BCUT2D eigenvalue weighted by Gasteiger charge is 2.26. The van der Waals surface area contributed by atoms with E-state index in [1.165, 1.54) is 0 Å². The van der Waals surface area contributed by atoms with E-state index in [9.17, 15) is 4.79 Å². The Morgan fingerprint density at radius 3 is 2.63 bits per heavy atom. The van der Waals surface area contributed by atoms with Crippen LogP contribution in [-0.2, 0) is 11.2 Å². The van der Waals surface area contributed by atoms with Gasteiger partial charge in [-0.25, -0.2) is 0 Å². The van der Waals surface area contributed by atoms with Crippen molar-refractivity contribution in [1.82, 2.24) is 10.3 Å². The van der Waals surface area contributed by atoms with Crippen molar-refractivity contribution < 1.29 is 10.0 Å². The fraction of sp³-hybridized carbons (Fsp3) is 0.462. The lowest BCUT2D eigenvalue weighted by Crippen LogP contribution is -2.42. The van der Waals surface area contributed by atoms with Gasteiger partial charge in [0.05, 0.1) is 0 Å². The SMILES string of the molecule is CC(C)C(C(=O)NCCc1ccncc1)C(N)=NO. The molecule has 0 aliphatic carbocycles. The van der Waals surface area contributed by atoms with Crippen molar-refractivity contribution in [3.05, 3.63) is 30.1 Å². The summed E-state index contributed by atoms with van der Waals surface area (Å²) in [6.07, 6.45) is 4.14. The maximum atomic E-state index is 12.0. The fourth-order valence-corrected chi connectivity index (χ4v) is 1.83. The number of hydrogen-bond donors (Lipinski definition) is 3. The second kappa shape index (κ2) is 7.35. The summed E-state index contributed by atoms with van der Waals surface area (Å²) in [5, 5.41) is 14.4. The van der Waals surface area contributed by atoms with Crippen LogP contribution in [-0.4, -0.2) is 28.5 Å². The van der Waals surface area contributed by atoms with Crippen LogP contribution in [0.5, 0.6) is 0 Å². The molecule has 0 radical (unpaired) electrons. The quantitative estimate of drug-likeness (QED) is 0.305. The molecule has 0 saturated carbocycles. The molecule has 6 heteroatoms. The molecule has 1 unspecified atom stereocenters. The number of oxime groups is 1. The summed E-state index contributed by atoms with van der Waals surface area (Å²) in [6, 6.07) is 3.80. The molecule has 1 amide bonds. The minimum atomic E-state index is -0.609. The van der Waals surface area contributed by atoms with Crippen LogP contribution in [0.2, 0.25) is 0 Å². The van der Waals surface area contributed by atoms with Gasteiger partial charge in [0.15, 0.2) is 5.84 Å². The van der Waals surface area contributed by atoms with E-state index in [0.29, 0.717) is 6.54 Å². The average molecular weight is 264 g/mol. The first-order chi connectivity index (χ1) is 9.06. The number of carbonyl (C=O) groups excluding carboxylic acids is 1. The standard InChI is InChI=1S/C13H20N4O2/c1-9(2)11(12(14)17-19)13(18)16-8-5-10-3-6-15-7-4-10/h3-4,6-7,9,11,19H,5,8H2,1-2H3,(H2,14,17)(H,16,18). The van der Waals surface area contributed by atoms with E-state index in [2.05, 4.69) is 15.5 Å². The number of aromatic nitrogens is 1. The number of rotatable bonds is 6. The molecule has 0 fully saturated rings. The van der Waals surface area contributed by atoms with Gasteiger partial charge in [-0.2, -0.15) is 0 Å². The highest BCUT2D eigenvalue weighted by atomic mass is 16.4. The van der Waals surface area contributed by atoms with Gasteiger partial charge in [-0.05, 0) is 30.0 Å². The van der Waals surface area contributed by atoms with Crippen molar-refractivity contribution >= 4 is 11.7 Å². The van der Waals surface area contributed by atoms with Gasteiger partial charge in [0, 0.05) is 18.9 Å². The molecule has 1 atom stereocenters. The molecule has 0 aromatic carbocycles. The van der Waals surface area contributed by atoms with Gasteiger partial charge in [0.25, 0.3) is 0 Å². The lowest BCUT2D eigenvalue weighted by molar-refractivity contribution is -0.124. The van der Waals surface area contributed by atoms with Gasteiger partial charge in [-0.15, -0.1) is 0 Å². The van der Waals surface area contributed by atoms with Gasteiger partial charge < -0.3 is 16.3 Å². The van der Waals surface area contributed by atoms with Gasteiger partial charge in [0.2, 0.25) is 5.91 Å². The zero-order valence-electron chi connectivity index (χ0n) is 11.2. The molecule has 19 heavy (non-hydrogen) atoms. The van der Waals surface area contributed by atoms with Crippen molar-refractivity contribution in [2.45, 2.75) is 20.3 Å². The monoisotopic (exact) mass is 264 g/mol. The fourth-order valence-electron chi connectivity index (χ4n) is 1.83. The van der Waals surface area contributed by atoms with Crippen LogP contribution < -0.4 is 11.1 Å². The van der Waals surface area contributed by atoms with Gasteiger partial charge in [0.1, 0.15) is 5.92 Å². The van der Waals surface area contributed by atoms with E-state index < -0.39 is 5.92 Å². The van der Waals surface area contributed by atoms with Crippen molar-refractivity contribution in [2.75, 3.05) is 6.54 Å². The minimum Gasteiger partial charge on any atom is -0.409 e. The summed E-state index contributed by atoms with van der Waals surface area (Å²) >= 11 is 0. The third-order valence-electron chi connectivity index (χ3n) is 2.85. The average Bonchev–Trinajstić information content (AvgIpc) is 2.39. The maximum absolute atomic E-state index is 12.0. The Morgan fingerprint density at radius 2 is 2.11 bits per heavy atom. The van der Waals surface area contributed by atoms with Crippen LogP contribution in [0, 0.1) is 11.8 Å². The number of carbonyl (C=O) groups is 1. The third kappa shape index (κ3) is 4.57. The maximum Gasteiger partial charge on any atom is 0.231 e. The van der Waals surface area contributed by atoms with E-state index in [-0.39, 0.29) is 17.7 Å². The zero-order chi connectivity index (χ0) is 14.3. The molecule has 1 aromatic heterocycles. The summed E-state index contributed by atoms with van der Waals surface area (Å²) in [5.74, 6) is -0.921. The lowest BCUT2D eigenvalue weighted by atomic mass is 9.94.